The first-order valence-electron chi connectivity index (χ1n) is 4.99. The lowest BCUT2D eigenvalue weighted by atomic mass is 10.3. The van der Waals surface area contributed by atoms with E-state index in [2.05, 4.69) is 4.98 Å². The molecular formula is C10H11ClN2O2S. The number of hydrogen-bond acceptors (Lipinski definition) is 3. The molecule has 16 heavy (non-hydrogen) atoms. The molecule has 0 radical (unpaired) electrons. The molecule has 2 rings (SSSR count). The molecule has 0 bridgehead atoms. The zero-order valence-electron chi connectivity index (χ0n) is 8.75. The Morgan fingerprint density at radius 3 is 2.88 bits per heavy atom. The molecule has 0 atom stereocenters. The van der Waals surface area contributed by atoms with Gasteiger partial charge in [-0.3, -0.25) is 9.36 Å². The SMILES string of the molecule is CCc1cc2[nH]c(=O)n(CCCl)c(=O)c2s1. The molecule has 0 aliphatic rings. The van der Waals surface area contributed by atoms with Gasteiger partial charge < -0.3 is 4.98 Å². The largest absolute Gasteiger partial charge is 0.328 e. The minimum absolute atomic E-state index is 0.241. The predicted molar refractivity (Wildman–Crippen MR) is 66.8 cm³/mol. The lowest BCUT2D eigenvalue weighted by molar-refractivity contribution is 0.690. The van der Waals surface area contributed by atoms with Gasteiger partial charge in [-0.25, -0.2) is 4.79 Å². The number of aryl methyl sites for hydroxylation is 1. The Balaban J connectivity index is 2.76. The van der Waals surface area contributed by atoms with Crippen molar-refractivity contribution in [3.63, 3.8) is 0 Å². The average Bonchev–Trinajstić information content (AvgIpc) is 2.67. The van der Waals surface area contributed by atoms with Gasteiger partial charge in [0.15, 0.2) is 0 Å². The number of thiophene rings is 1. The van der Waals surface area contributed by atoms with Gasteiger partial charge in [0.25, 0.3) is 5.56 Å². The number of nitrogens with zero attached hydrogens (tertiary/aromatic N) is 1. The summed E-state index contributed by atoms with van der Waals surface area (Å²) < 4.78 is 1.74. The highest BCUT2D eigenvalue weighted by molar-refractivity contribution is 7.18. The first-order valence-corrected chi connectivity index (χ1v) is 6.34. The van der Waals surface area contributed by atoms with Gasteiger partial charge in [-0.05, 0) is 12.5 Å². The highest BCUT2D eigenvalue weighted by Gasteiger charge is 2.10. The Morgan fingerprint density at radius 1 is 1.50 bits per heavy atom. The smallest absolute Gasteiger partial charge is 0.306 e. The van der Waals surface area contributed by atoms with E-state index in [4.69, 9.17) is 11.6 Å². The first kappa shape index (κ1) is 11.4. The van der Waals surface area contributed by atoms with Gasteiger partial charge in [0.2, 0.25) is 0 Å². The molecule has 1 N–H and O–H groups in total. The fourth-order valence-corrected chi connectivity index (χ4v) is 2.72. The van der Waals surface area contributed by atoms with Crippen molar-refractivity contribution >= 4 is 33.2 Å². The van der Waals surface area contributed by atoms with Crippen LogP contribution in [-0.2, 0) is 13.0 Å². The molecule has 2 heterocycles. The Labute approximate surface area is 100 Å². The lowest BCUT2D eigenvalue weighted by Gasteiger charge is -2.00. The van der Waals surface area contributed by atoms with E-state index in [-0.39, 0.29) is 18.0 Å². The van der Waals surface area contributed by atoms with Gasteiger partial charge in [0.1, 0.15) is 4.70 Å². The van der Waals surface area contributed by atoms with Crippen molar-refractivity contribution in [2.75, 3.05) is 5.88 Å². The third kappa shape index (κ3) is 1.81. The summed E-state index contributed by atoms with van der Waals surface area (Å²) >= 11 is 6.98. The fourth-order valence-electron chi connectivity index (χ4n) is 1.55. The van der Waals surface area contributed by atoms with Crippen molar-refractivity contribution in [3.8, 4) is 0 Å². The van der Waals surface area contributed by atoms with Crippen LogP contribution in [-0.4, -0.2) is 15.4 Å². The van der Waals surface area contributed by atoms with E-state index < -0.39 is 5.69 Å². The molecule has 0 aliphatic carbocycles. The maximum atomic E-state index is 12.0. The van der Waals surface area contributed by atoms with Crippen LogP contribution in [0.2, 0.25) is 0 Å². The van der Waals surface area contributed by atoms with E-state index in [9.17, 15) is 9.59 Å². The van der Waals surface area contributed by atoms with Crippen LogP contribution in [0.3, 0.4) is 0 Å². The van der Waals surface area contributed by atoms with Crippen LogP contribution in [0.1, 0.15) is 11.8 Å². The Bertz CT molecular complexity index is 626. The van der Waals surface area contributed by atoms with Crippen molar-refractivity contribution in [1.82, 2.24) is 9.55 Å². The van der Waals surface area contributed by atoms with Crippen molar-refractivity contribution in [2.45, 2.75) is 19.9 Å². The number of rotatable bonds is 3. The summed E-state index contributed by atoms with van der Waals surface area (Å²) in [5, 5.41) is 0. The Kier molecular flexibility index (Phi) is 3.16. The number of aromatic nitrogens is 2. The fraction of sp³-hybridized carbons (Fsp3) is 0.400. The summed E-state index contributed by atoms with van der Waals surface area (Å²) in [5.74, 6) is 0.250. The van der Waals surface area contributed by atoms with E-state index in [1.807, 2.05) is 13.0 Å². The van der Waals surface area contributed by atoms with Crippen molar-refractivity contribution in [2.24, 2.45) is 0 Å². The molecule has 0 spiro atoms. The molecule has 0 amide bonds. The summed E-state index contributed by atoms with van der Waals surface area (Å²) in [5.41, 5.74) is -0.00891. The van der Waals surface area contributed by atoms with Crippen molar-refractivity contribution in [3.05, 3.63) is 31.8 Å². The summed E-state index contributed by atoms with van der Waals surface area (Å²) in [7, 11) is 0. The van der Waals surface area contributed by atoms with Gasteiger partial charge in [0, 0.05) is 17.3 Å². The highest BCUT2D eigenvalue weighted by Crippen LogP contribution is 2.20. The zero-order valence-corrected chi connectivity index (χ0v) is 10.3. The molecule has 4 nitrogen and oxygen atoms in total. The second-order valence-electron chi connectivity index (χ2n) is 3.38. The summed E-state index contributed by atoms with van der Waals surface area (Å²) in [6.07, 6.45) is 0.857. The number of H-pyrrole nitrogens is 1. The summed E-state index contributed by atoms with van der Waals surface area (Å²) in [6, 6.07) is 1.85. The van der Waals surface area contributed by atoms with Crippen LogP contribution in [0.25, 0.3) is 10.2 Å². The van der Waals surface area contributed by atoms with Gasteiger partial charge in [-0.15, -0.1) is 22.9 Å². The number of halogens is 1. The minimum atomic E-state index is -0.390. The van der Waals surface area contributed by atoms with E-state index in [1.54, 1.807) is 0 Å². The van der Waals surface area contributed by atoms with Gasteiger partial charge >= 0.3 is 5.69 Å². The molecule has 2 aromatic rings. The van der Waals surface area contributed by atoms with Crippen LogP contribution < -0.4 is 11.2 Å². The van der Waals surface area contributed by atoms with E-state index in [0.29, 0.717) is 10.2 Å². The molecule has 0 saturated carbocycles. The van der Waals surface area contributed by atoms with E-state index in [1.165, 1.54) is 11.3 Å². The average molecular weight is 259 g/mol. The predicted octanol–water partition coefficient (Wildman–Crippen LogP) is 1.55. The summed E-state index contributed by atoms with van der Waals surface area (Å²) in [6.45, 7) is 2.26. The van der Waals surface area contributed by atoms with Crippen LogP contribution in [0, 0.1) is 0 Å². The van der Waals surface area contributed by atoms with Crippen molar-refractivity contribution < 1.29 is 0 Å². The molecule has 0 unspecified atom stereocenters. The first-order chi connectivity index (χ1) is 7.67. The Morgan fingerprint density at radius 2 is 2.25 bits per heavy atom. The van der Waals surface area contributed by atoms with E-state index >= 15 is 0 Å². The third-order valence-corrected chi connectivity index (χ3v) is 3.80. The topological polar surface area (TPSA) is 54.9 Å². The molecule has 6 heteroatoms. The molecule has 0 aromatic carbocycles. The monoisotopic (exact) mass is 258 g/mol. The van der Waals surface area contributed by atoms with Gasteiger partial charge in [0.05, 0.1) is 5.52 Å². The quantitative estimate of drug-likeness (QED) is 0.850. The third-order valence-electron chi connectivity index (χ3n) is 2.37. The second kappa shape index (κ2) is 4.43. The maximum Gasteiger partial charge on any atom is 0.328 e. The van der Waals surface area contributed by atoms with Crippen LogP contribution in [0.4, 0.5) is 0 Å². The molecule has 0 fully saturated rings. The lowest BCUT2D eigenvalue weighted by Crippen LogP contribution is -2.34. The maximum absolute atomic E-state index is 12.0. The van der Waals surface area contributed by atoms with Gasteiger partial charge in [-0.2, -0.15) is 0 Å². The van der Waals surface area contributed by atoms with Crippen LogP contribution >= 0.6 is 22.9 Å². The number of alkyl halides is 1. The number of fused-ring (bicyclic) bond motifs is 1. The van der Waals surface area contributed by atoms with Crippen LogP contribution in [0.5, 0.6) is 0 Å². The summed E-state index contributed by atoms with van der Waals surface area (Å²) in [4.78, 5) is 27.3. The normalized spacial score (nSPS) is 11.1. The molecular weight excluding hydrogens is 248 g/mol. The number of nitrogens with one attached hydrogen (secondary N) is 1. The van der Waals surface area contributed by atoms with Crippen molar-refractivity contribution in [1.29, 1.82) is 0 Å². The molecule has 0 saturated heterocycles. The molecule has 0 aliphatic heterocycles. The minimum Gasteiger partial charge on any atom is -0.306 e. The highest BCUT2D eigenvalue weighted by atomic mass is 35.5. The van der Waals surface area contributed by atoms with Gasteiger partial charge in [-0.1, -0.05) is 6.92 Å². The zero-order chi connectivity index (χ0) is 11.7. The number of aromatic amines is 1. The van der Waals surface area contributed by atoms with E-state index in [0.717, 1.165) is 15.9 Å². The molecule has 86 valence electrons. The Hall–Kier alpha value is -1.07. The number of hydrogen-bond donors (Lipinski definition) is 1. The standard InChI is InChI=1S/C10H11ClN2O2S/c1-2-6-5-7-8(16-6)9(14)13(4-3-11)10(15)12-7/h5H,2-4H2,1H3,(H,12,15). The second-order valence-corrected chi connectivity index (χ2v) is 4.90. The van der Waals surface area contributed by atoms with Crippen LogP contribution in [0.15, 0.2) is 15.7 Å². The molecule has 2 aromatic heterocycles.